The molecule has 0 radical (unpaired) electrons. The van der Waals surface area contributed by atoms with Crippen LogP contribution in [0.3, 0.4) is 0 Å². The summed E-state index contributed by atoms with van der Waals surface area (Å²) in [6.45, 7) is 3.48. The standard InChI is InChI=1S/C17H25BrCl2O3/c18-8-3-1-2-4-9-21-10-11-22-12-13-23-14-15-16(19)6-5-7-17(15)20/h5-7H,1-4,8-14H2. The second-order valence-electron chi connectivity index (χ2n) is 5.08. The summed E-state index contributed by atoms with van der Waals surface area (Å²) in [6.07, 6.45) is 4.85. The van der Waals surface area contributed by atoms with E-state index in [0.29, 0.717) is 43.1 Å². The average Bonchev–Trinajstić information content (AvgIpc) is 2.54. The second kappa shape index (κ2) is 14.5. The largest absolute Gasteiger partial charge is 0.379 e. The fourth-order valence-corrected chi connectivity index (χ4v) is 2.84. The predicted molar refractivity (Wildman–Crippen MR) is 100 cm³/mol. The molecule has 0 unspecified atom stereocenters. The number of hydrogen-bond donors (Lipinski definition) is 0. The lowest BCUT2D eigenvalue weighted by Gasteiger charge is -2.09. The zero-order valence-electron chi connectivity index (χ0n) is 13.4. The molecule has 0 atom stereocenters. The normalized spacial score (nSPS) is 11.1. The predicted octanol–water partition coefficient (Wildman–Crippen LogP) is 5.50. The fourth-order valence-electron chi connectivity index (χ4n) is 1.94. The van der Waals surface area contributed by atoms with Crippen molar-refractivity contribution >= 4 is 39.1 Å². The van der Waals surface area contributed by atoms with Crippen LogP contribution >= 0.6 is 39.1 Å². The van der Waals surface area contributed by atoms with Gasteiger partial charge in [-0.3, -0.25) is 0 Å². The highest BCUT2D eigenvalue weighted by atomic mass is 79.9. The molecule has 0 fully saturated rings. The summed E-state index contributed by atoms with van der Waals surface area (Å²) in [4.78, 5) is 0. The SMILES string of the molecule is Clc1cccc(Cl)c1COCCOCCOCCCCCCBr. The summed E-state index contributed by atoms with van der Waals surface area (Å²) < 4.78 is 16.5. The lowest BCUT2D eigenvalue weighted by Crippen LogP contribution is -2.10. The number of hydrogen-bond acceptors (Lipinski definition) is 3. The maximum Gasteiger partial charge on any atom is 0.0747 e. The van der Waals surface area contributed by atoms with Crippen LogP contribution in [0.25, 0.3) is 0 Å². The van der Waals surface area contributed by atoms with E-state index in [2.05, 4.69) is 15.9 Å². The van der Waals surface area contributed by atoms with Crippen LogP contribution in [-0.4, -0.2) is 38.4 Å². The molecular weight excluding hydrogens is 403 g/mol. The van der Waals surface area contributed by atoms with E-state index in [1.165, 1.54) is 19.3 Å². The summed E-state index contributed by atoms with van der Waals surface area (Å²) >= 11 is 15.6. The molecule has 0 spiro atoms. The Hall–Kier alpha value is 0.160. The van der Waals surface area contributed by atoms with E-state index in [1.54, 1.807) is 12.1 Å². The number of halogens is 3. The van der Waals surface area contributed by atoms with Crippen molar-refractivity contribution in [2.75, 3.05) is 38.4 Å². The zero-order chi connectivity index (χ0) is 16.8. The van der Waals surface area contributed by atoms with E-state index in [0.717, 1.165) is 23.9 Å². The molecule has 1 aromatic carbocycles. The molecule has 0 aliphatic heterocycles. The van der Waals surface area contributed by atoms with Gasteiger partial charge in [0, 0.05) is 27.5 Å². The van der Waals surface area contributed by atoms with Gasteiger partial charge in [-0.05, 0) is 25.0 Å². The average molecular weight is 428 g/mol. The van der Waals surface area contributed by atoms with Crippen LogP contribution in [0.4, 0.5) is 0 Å². The van der Waals surface area contributed by atoms with Crippen molar-refractivity contribution in [1.29, 1.82) is 0 Å². The van der Waals surface area contributed by atoms with Crippen molar-refractivity contribution in [3.05, 3.63) is 33.8 Å². The maximum atomic E-state index is 6.07. The molecule has 0 aliphatic rings. The molecule has 0 aliphatic carbocycles. The Morgan fingerprint density at radius 1 is 0.739 bits per heavy atom. The Morgan fingerprint density at radius 3 is 1.96 bits per heavy atom. The Bertz CT molecular complexity index is 399. The molecule has 1 rings (SSSR count). The fraction of sp³-hybridized carbons (Fsp3) is 0.647. The number of ether oxygens (including phenoxy) is 3. The van der Waals surface area contributed by atoms with E-state index in [4.69, 9.17) is 37.4 Å². The van der Waals surface area contributed by atoms with E-state index in [1.807, 2.05) is 6.07 Å². The summed E-state index contributed by atoms with van der Waals surface area (Å²) in [5, 5.41) is 2.35. The van der Waals surface area contributed by atoms with Gasteiger partial charge in [0.1, 0.15) is 0 Å². The first-order valence-corrected chi connectivity index (χ1v) is 9.85. The van der Waals surface area contributed by atoms with Crippen LogP contribution in [-0.2, 0) is 20.8 Å². The van der Waals surface area contributed by atoms with Crippen LogP contribution in [0.2, 0.25) is 10.0 Å². The molecule has 132 valence electrons. The lowest BCUT2D eigenvalue weighted by atomic mass is 10.2. The molecule has 0 heterocycles. The second-order valence-corrected chi connectivity index (χ2v) is 6.69. The summed E-state index contributed by atoms with van der Waals surface area (Å²) in [5.74, 6) is 0. The smallest absolute Gasteiger partial charge is 0.0747 e. The van der Waals surface area contributed by atoms with E-state index in [9.17, 15) is 0 Å². The van der Waals surface area contributed by atoms with E-state index >= 15 is 0 Å². The molecule has 0 aromatic heterocycles. The molecule has 0 amide bonds. The van der Waals surface area contributed by atoms with Gasteiger partial charge in [0.05, 0.1) is 33.0 Å². The molecule has 1 aromatic rings. The quantitative estimate of drug-likeness (QED) is 0.290. The van der Waals surface area contributed by atoms with E-state index in [-0.39, 0.29) is 0 Å². The Labute approximate surface area is 157 Å². The lowest BCUT2D eigenvalue weighted by molar-refractivity contribution is 0.0101. The highest BCUT2D eigenvalue weighted by Gasteiger charge is 2.04. The van der Waals surface area contributed by atoms with Crippen molar-refractivity contribution in [2.45, 2.75) is 32.3 Å². The third-order valence-corrected chi connectivity index (χ3v) is 4.49. The summed E-state index contributed by atoms with van der Waals surface area (Å²) in [5.41, 5.74) is 0.819. The van der Waals surface area contributed by atoms with Crippen molar-refractivity contribution in [3.8, 4) is 0 Å². The van der Waals surface area contributed by atoms with Gasteiger partial charge in [-0.1, -0.05) is 58.0 Å². The zero-order valence-corrected chi connectivity index (χ0v) is 16.5. The first-order valence-electron chi connectivity index (χ1n) is 7.97. The number of alkyl halides is 1. The molecule has 0 saturated heterocycles. The minimum Gasteiger partial charge on any atom is -0.379 e. The number of unbranched alkanes of at least 4 members (excludes halogenated alkanes) is 3. The first-order chi connectivity index (χ1) is 11.3. The third kappa shape index (κ3) is 10.6. The van der Waals surface area contributed by atoms with Crippen LogP contribution in [0, 0.1) is 0 Å². The molecule has 23 heavy (non-hydrogen) atoms. The van der Waals surface area contributed by atoms with Crippen LogP contribution in [0.1, 0.15) is 31.2 Å². The van der Waals surface area contributed by atoms with Crippen LogP contribution in [0.15, 0.2) is 18.2 Å². The van der Waals surface area contributed by atoms with Gasteiger partial charge in [-0.2, -0.15) is 0 Å². The molecule has 0 bridgehead atoms. The van der Waals surface area contributed by atoms with Crippen LogP contribution < -0.4 is 0 Å². The summed E-state index contributed by atoms with van der Waals surface area (Å²) in [7, 11) is 0. The van der Waals surface area contributed by atoms with Crippen molar-refractivity contribution in [2.24, 2.45) is 0 Å². The maximum absolute atomic E-state index is 6.07. The molecule has 0 N–H and O–H groups in total. The van der Waals surface area contributed by atoms with Gasteiger partial charge in [-0.15, -0.1) is 0 Å². The highest BCUT2D eigenvalue weighted by Crippen LogP contribution is 2.24. The van der Waals surface area contributed by atoms with Crippen molar-refractivity contribution in [3.63, 3.8) is 0 Å². The monoisotopic (exact) mass is 426 g/mol. The molecule has 6 heteroatoms. The van der Waals surface area contributed by atoms with Gasteiger partial charge in [0.25, 0.3) is 0 Å². The van der Waals surface area contributed by atoms with Gasteiger partial charge in [0.15, 0.2) is 0 Å². The highest BCUT2D eigenvalue weighted by molar-refractivity contribution is 9.09. The van der Waals surface area contributed by atoms with E-state index < -0.39 is 0 Å². The Kier molecular flexibility index (Phi) is 13.4. The summed E-state index contributed by atoms with van der Waals surface area (Å²) in [6, 6.07) is 5.43. The third-order valence-electron chi connectivity index (χ3n) is 3.22. The number of benzene rings is 1. The first kappa shape index (κ1) is 21.2. The molecule has 0 saturated carbocycles. The Morgan fingerprint density at radius 2 is 1.30 bits per heavy atom. The van der Waals surface area contributed by atoms with Gasteiger partial charge < -0.3 is 14.2 Å². The van der Waals surface area contributed by atoms with Gasteiger partial charge >= 0.3 is 0 Å². The molecular formula is C17H25BrCl2O3. The van der Waals surface area contributed by atoms with Gasteiger partial charge in [0.2, 0.25) is 0 Å². The van der Waals surface area contributed by atoms with Crippen LogP contribution in [0.5, 0.6) is 0 Å². The van der Waals surface area contributed by atoms with Crippen molar-refractivity contribution < 1.29 is 14.2 Å². The Balaban J connectivity index is 1.88. The number of rotatable bonds is 14. The van der Waals surface area contributed by atoms with Crippen molar-refractivity contribution in [1.82, 2.24) is 0 Å². The minimum atomic E-state index is 0.396. The minimum absolute atomic E-state index is 0.396. The molecule has 3 nitrogen and oxygen atoms in total. The van der Waals surface area contributed by atoms with Gasteiger partial charge in [-0.25, -0.2) is 0 Å². The topological polar surface area (TPSA) is 27.7 Å².